The Hall–Kier alpha value is -1.27. The van der Waals surface area contributed by atoms with Gasteiger partial charge >= 0.3 is 12.1 Å². The Morgan fingerprint density at radius 1 is 1.25 bits per heavy atom. The van der Waals surface area contributed by atoms with Crippen LogP contribution in [0.2, 0.25) is 0 Å². The van der Waals surface area contributed by atoms with E-state index < -0.39 is 18.2 Å². The molecule has 3 nitrogen and oxygen atoms in total. The summed E-state index contributed by atoms with van der Waals surface area (Å²) < 4.78 is 36.5. The third-order valence-electron chi connectivity index (χ3n) is 1.87. The van der Waals surface area contributed by atoms with Gasteiger partial charge in [-0.15, -0.1) is 12.4 Å². The lowest BCUT2D eigenvalue weighted by atomic mass is 10.1. The predicted molar refractivity (Wildman–Crippen MR) is 53.6 cm³/mol. The highest BCUT2D eigenvalue weighted by Crippen LogP contribution is 2.30. The number of nitrogens with two attached hydrogens (primary N) is 1. The lowest BCUT2D eigenvalue weighted by Gasteiger charge is -2.15. The average Bonchev–Trinajstić information content (AvgIpc) is 2.15. The average molecular weight is 256 g/mol. The fraction of sp³-hybridized carbons (Fsp3) is 0.222. The minimum atomic E-state index is -4.52. The van der Waals surface area contributed by atoms with Crippen LogP contribution in [-0.4, -0.2) is 17.3 Å². The van der Waals surface area contributed by atoms with Crippen molar-refractivity contribution in [3.63, 3.8) is 0 Å². The van der Waals surface area contributed by atoms with Crippen LogP contribution in [0.5, 0.6) is 0 Å². The van der Waals surface area contributed by atoms with Gasteiger partial charge in [0.25, 0.3) is 0 Å². The summed E-state index contributed by atoms with van der Waals surface area (Å²) >= 11 is 0. The second kappa shape index (κ2) is 5.18. The summed E-state index contributed by atoms with van der Waals surface area (Å²) in [5.41, 5.74) is 4.69. The molecule has 0 spiro atoms. The number of carboxylic acids is 1. The molecule has 0 heterocycles. The summed E-state index contributed by atoms with van der Waals surface area (Å²) in [7, 11) is 0. The quantitative estimate of drug-likeness (QED) is 0.853. The van der Waals surface area contributed by atoms with E-state index in [9.17, 15) is 18.0 Å². The minimum Gasteiger partial charge on any atom is -0.478 e. The molecule has 0 aliphatic carbocycles. The first-order chi connectivity index (χ1) is 6.82. The lowest BCUT2D eigenvalue weighted by Crippen LogP contribution is -2.28. The van der Waals surface area contributed by atoms with E-state index in [1.165, 1.54) is 0 Å². The fourth-order valence-corrected chi connectivity index (χ4v) is 1.02. The lowest BCUT2D eigenvalue weighted by molar-refractivity contribution is -0.149. The maximum Gasteiger partial charge on any atom is 0.407 e. The van der Waals surface area contributed by atoms with Crippen molar-refractivity contribution < 1.29 is 23.1 Å². The topological polar surface area (TPSA) is 63.3 Å². The van der Waals surface area contributed by atoms with Gasteiger partial charge in [-0.3, -0.25) is 0 Å². The number of alkyl halides is 3. The molecule has 0 aromatic heterocycles. The molecule has 7 heteroatoms. The second-order valence-corrected chi connectivity index (χ2v) is 2.95. The van der Waals surface area contributed by atoms with E-state index in [0.29, 0.717) is 0 Å². The largest absolute Gasteiger partial charge is 0.478 e. The SMILES string of the molecule is Cl.N[C@@H](c1ccc(C(=O)O)cc1)C(F)(F)F. The van der Waals surface area contributed by atoms with Crippen LogP contribution in [0, 0.1) is 0 Å². The van der Waals surface area contributed by atoms with Gasteiger partial charge in [0.05, 0.1) is 5.56 Å². The molecule has 90 valence electrons. The number of benzene rings is 1. The Bertz CT molecular complexity index is 364. The van der Waals surface area contributed by atoms with Crippen molar-refractivity contribution in [3.05, 3.63) is 35.4 Å². The Morgan fingerprint density at radius 2 is 1.69 bits per heavy atom. The Balaban J connectivity index is 0.00000225. The van der Waals surface area contributed by atoms with Crippen LogP contribution in [0.15, 0.2) is 24.3 Å². The van der Waals surface area contributed by atoms with Crippen molar-refractivity contribution in [2.75, 3.05) is 0 Å². The minimum absolute atomic E-state index is 0. The van der Waals surface area contributed by atoms with E-state index in [-0.39, 0.29) is 23.5 Å². The van der Waals surface area contributed by atoms with Gasteiger partial charge in [-0.1, -0.05) is 12.1 Å². The van der Waals surface area contributed by atoms with Gasteiger partial charge < -0.3 is 10.8 Å². The molecule has 1 aromatic carbocycles. The van der Waals surface area contributed by atoms with Crippen LogP contribution < -0.4 is 5.73 Å². The molecule has 0 aliphatic rings. The predicted octanol–water partition coefficient (Wildman–Crippen LogP) is 2.37. The molecule has 3 N–H and O–H groups in total. The summed E-state index contributed by atoms with van der Waals surface area (Å²) in [6.45, 7) is 0. The third-order valence-corrected chi connectivity index (χ3v) is 1.87. The number of carbonyl (C=O) groups is 1. The zero-order chi connectivity index (χ0) is 11.6. The molecule has 1 aromatic rings. The summed E-state index contributed by atoms with van der Waals surface area (Å²) in [5.74, 6) is -1.19. The highest BCUT2D eigenvalue weighted by molar-refractivity contribution is 5.87. The van der Waals surface area contributed by atoms with Crippen LogP contribution >= 0.6 is 12.4 Å². The normalized spacial score (nSPS) is 12.8. The molecule has 1 rings (SSSR count). The van der Waals surface area contributed by atoms with Gasteiger partial charge in [-0.2, -0.15) is 13.2 Å². The van der Waals surface area contributed by atoms with Crippen molar-refractivity contribution in [2.45, 2.75) is 12.2 Å². The van der Waals surface area contributed by atoms with Crippen LogP contribution in [-0.2, 0) is 0 Å². The van der Waals surface area contributed by atoms with Gasteiger partial charge in [0.15, 0.2) is 0 Å². The third kappa shape index (κ3) is 3.39. The molecule has 0 unspecified atom stereocenters. The van der Waals surface area contributed by atoms with Crippen LogP contribution in [0.25, 0.3) is 0 Å². The maximum atomic E-state index is 12.2. The van der Waals surface area contributed by atoms with Crippen molar-refractivity contribution in [3.8, 4) is 0 Å². The standard InChI is InChI=1S/C9H8F3NO2.ClH/c10-9(11,12)7(13)5-1-3-6(4-2-5)8(14)15;/h1-4,7H,13H2,(H,14,15);1H/t7-;/m0./s1. The molecule has 0 saturated carbocycles. The molecule has 0 saturated heterocycles. The summed E-state index contributed by atoms with van der Waals surface area (Å²) in [6, 6.07) is 2.20. The highest BCUT2D eigenvalue weighted by Gasteiger charge is 2.37. The molecule has 1 atom stereocenters. The Kier molecular flexibility index (Phi) is 4.77. The van der Waals surface area contributed by atoms with Crippen molar-refractivity contribution >= 4 is 18.4 Å². The number of rotatable bonds is 2. The Labute approximate surface area is 95.5 Å². The number of aromatic carboxylic acids is 1. The first-order valence-electron chi connectivity index (χ1n) is 3.98. The monoisotopic (exact) mass is 255 g/mol. The number of hydrogen-bond acceptors (Lipinski definition) is 2. The van der Waals surface area contributed by atoms with E-state index in [4.69, 9.17) is 10.8 Å². The van der Waals surface area contributed by atoms with E-state index in [2.05, 4.69) is 0 Å². The van der Waals surface area contributed by atoms with E-state index in [0.717, 1.165) is 24.3 Å². The smallest absolute Gasteiger partial charge is 0.407 e. The van der Waals surface area contributed by atoms with E-state index in [1.807, 2.05) is 0 Å². The van der Waals surface area contributed by atoms with Crippen molar-refractivity contribution in [2.24, 2.45) is 5.73 Å². The van der Waals surface area contributed by atoms with Crippen LogP contribution in [0.4, 0.5) is 13.2 Å². The number of halogens is 4. The van der Waals surface area contributed by atoms with Crippen molar-refractivity contribution in [1.82, 2.24) is 0 Å². The van der Waals surface area contributed by atoms with Crippen molar-refractivity contribution in [1.29, 1.82) is 0 Å². The highest BCUT2D eigenvalue weighted by atomic mass is 35.5. The van der Waals surface area contributed by atoms with E-state index >= 15 is 0 Å². The molecule has 0 amide bonds. The van der Waals surface area contributed by atoms with Gasteiger partial charge in [-0.25, -0.2) is 4.79 Å². The summed E-state index contributed by atoms with van der Waals surface area (Å²) in [6.07, 6.45) is -4.52. The molecule has 0 radical (unpaired) electrons. The van der Waals surface area contributed by atoms with Gasteiger partial charge in [0, 0.05) is 0 Å². The molecule has 0 aliphatic heterocycles. The van der Waals surface area contributed by atoms with E-state index in [1.54, 1.807) is 0 Å². The molecular weight excluding hydrogens is 247 g/mol. The molecule has 16 heavy (non-hydrogen) atoms. The summed E-state index contributed by atoms with van der Waals surface area (Å²) in [5, 5.41) is 8.52. The number of carboxylic acid groups (broad SMARTS) is 1. The summed E-state index contributed by atoms with van der Waals surface area (Å²) in [4.78, 5) is 10.4. The fourth-order valence-electron chi connectivity index (χ4n) is 1.02. The zero-order valence-electron chi connectivity index (χ0n) is 7.86. The molecular formula is C9H9ClF3NO2. The Morgan fingerprint density at radius 3 is 2.00 bits per heavy atom. The van der Waals surface area contributed by atoms with Crippen LogP contribution in [0.3, 0.4) is 0 Å². The molecule has 0 fully saturated rings. The van der Waals surface area contributed by atoms with Gasteiger partial charge in [0.2, 0.25) is 0 Å². The number of hydrogen-bond donors (Lipinski definition) is 2. The zero-order valence-corrected chi connectivity index (χ0v) is 8.68. The first-order valence-corrected chi connectivity index (χ1v) is 3.98. The van der Waals surface area contributed by atoms with Crippen LogP contribution in [0.1, 0.15) is 22.0 Å². The second-order valence-electron chi connectivity index (χ2n) is 2.95. The molecule has 0 bridgehead atoms. The van der Waals surface area contributed by atoms with Gasteiger partial charge in [0.1, 0.15) is 6.04 Å². The maximum absolute atomic E-state index is 12.2. The first kappa shape index (κ1) is 14.7. The van der Waals surface area contributed by atoms with Gasteiger partial charge in [-0.05, 0) is 17.7 Å².